The molecule has 1 rings (SSSR count). The van der Waals surface area contributed by atoms with E-state index in [9.17, 15) is 4.79 Å². The first-order chi connectivity index (χ1) is 9.90. The first-order valence-corrected chi connectivity index (χ1v) is 7.07. The van der Waals surface area contributed by atoms with Gasteiger partial charge < -0.3 is 20.1 Å². The third kappa shape index (κ3) is 8.14. The lowest BCUT2D eigenvalue weighted by molar-refractivity contribution is 0.0527. The lowest BCUT2D eigenvalue weighted by atomic mass is 10.2. The maximum Gasteiger partial charge on any atom is 0.407 e. The number of amides is 1. The number of hydrogen-bond acceptors (Lipinski definition) is 5. The van der Waals surface area contributed by atoms with Crippen LogP contribution in [0.3, 0.4) is 0 Å². The zero-order chi connectivity index (χ0) is 15.7. The summed E-state index contributed by atoms with van der Waals surface area (Å²) in [6.45, 7) is 7.67. The van der Waals surface area contributed by atoms with Crippen molar-refractivity contribution in [1.29, 1.82) is 0 Å². The molecule has 0 spiro atoms. The normalized spacial score (nSPS) is 11.0. The number of carbonyl (C=O) groups is 1. The molecular formula is C15H25N3O3. The fourth-order valence-electron chi connectivity index (χ4n) is 1.62. The zero-order valence-electron chi connectivity index (χ0n) is 13.2. The summed E-state index contributed by atoms with van der Waals surface area (Å²) in [7, 11) is 1.60. The third-order valence-electron chi connectivity index (χ3n) is 2.54. The van der Waals surface area contributed by atoms with Crippen LogP contribution < -0.4 is 15.4 Å². The Morgan fingerprint density at radius 3 is 2.76 bits per heavy atom. The number of alkyl carbamates (subject to hydrolysis) is 1. The van der Waals surface area contributed by atoms with E-state index in [4.69, 9.17) is 9.47 Å². The highest BCUT2D eigenvalue weighted by Crippen LogP contribution is 2.08. The van der Waals surface area contributed by atoms with Crippen LogP contribution in [0.15, 0.2) is 18.3 Å². The molecule has 0 saturated heterocycles. The van der Waals surface area contributed by atoms with E-state index in [2.05, 4.69) is 15.6 Å². The number of nitrogens with one attached hydrogen (secondary N) is 2. The van der Waals surface area contributed by atoms with Crippen LogP contribution in [0.4, 0.5) is 4.79 Å². The minimum Gasteiger partial charge on any atom is -0.481 e. The summed E-state index contributed by atoms with van der Waals surface area (Å²) in [5.41, 5.74) is 0.657. The molecule has 0 unspecified atom stereocenters. The van der Waals surface area contributed by atoms with Crippen molar-refractivity contribution in [2.24, 2.45) is 0 Å². The Morgan fingerprint density at radius 2 is 2.10 bits per heavy atom. The molecule has 0 radical (unpaired) electrons. The summed E-state index contributed by atoms with van der Waals surface area (Å²) in [4.78, 5) is 15.5. The molecule has 0 bridgehead atoms. The summed E-state index contributed by atoms with van der Waals surface area (Å²) < 4.78 is 10.2. The highest BCUT2D eigenvalue weighted by Gasteiger charge is 2.15. The second kappa shape index (κ2) is 8.46. The van der Waals surface area contributed by atoms with E-state index in [1.807, 2.05) is 32.9 Å². The molecule has 1 heterocycles. The Hall–Kier alpha value is -1.82. The number of rotatable bonds is 7. The number of carbonyl (C=O) groups excluding carboxylic acids is 1. The van der Waals surface area contributed by atoms with Crippen LogP contribution in [0, 0.1) is 0 Å². The van der Waals surface area contributed by atoms with Crippen LogP contribution in [-0.4, -0.2) is 36.9 Å². The van der Waals surface area contributed by atoms with Gasteiger partial charge in [-0.2, -0.15) is 0 Å². The Morgan fingerprint density at radius 1 is 1.33 bits per heavy atom. The Bertz CT molecular complexity index is 444. The molecule has 1 aromatic rings. The van der Waals surface area contributed by atoms with Crippen molar-refractivity contribution in [3.05, 3.63) is 23.9 Å². The summed E-state index contributed by atoms with van der Waals surface area (Å²) in [5.74, 6) is 0.612. The van der Waals surface area contributed by atoms with E-state index in [1.165, 1.54) is 0 Å². The standard InChI is InChI=1S/C15H25N3O3/c1-15(2,3)21-14(19)18-8-5-7-16-11-12-6-9-17-13(10-12)20-4/h6,9-10,16H,5,7-8,11H2,1-4H3,(H,18,19). The first-order valence-electron chi connectivity index (χ1n) is 7.07. The highest BCUT2D eigenvalue weighted by atomic mass is 16.6. The Labute approximate surface area is 126 Å². The summed E-state index contributed by atoms with van der Waals surface area (Å²) in [6, 6.07) is 3.83. The van der Waals surface area contributed by atoms with Gasteiger partial charge in [0.05, 0.1) is 7.11 Å². The quantitative estimate of drug-likeness (QED) is 0.754. The summed E-state index contributed by atoms with van der Waals surface area (Å²) >= 11 is 0. The molecule has 1 amide bonds. The summed E-state index contributed by atoms with van der Waals surface area (Å²) in [5, 5.41) is 6.02. The lowest BCUT2D eigenvalue weighted by Gasteiger charge is -2.19. The molecule has 6 nitrogen and oxygen atoms in total. The lowest BCUT2D eigenvalue weighted by Crippen LogP contribution is -2.33. The molecule has 0 aromatic carbocycles. The van der Waals surface area contributed by atoms with Crippen LogP contribution in [0.25, 0.3) is 0 Å². The second-order valence-corrected chi connectivity index (χ2v) is 5.67. The van der Waals surface area contributed by atoms with Gasteiger partial charge in [-0.1, -0.05) is 0 Å². The van der Waals surface area contributed by atoms with Crippen molar-refractivity contribution in [2.75, 3.05) is 20.2 Å². The van der Waals surface area contributed by atoms with E-state index < -0.39 is 5.60 Å². The van der Waals surface area contributed by atoms with Gasteiger partial charge >= 0.3 is 6.09 Å². The number of aromatic nitrogens is 1. The van der Waals surface area contributed by atoms with E-state index in [1.54, 1.807) is 13.3 Å². The van der Waals surface area contributed by atoms with Crippen molar-refractivity contribution in [2.45, 2.75) is 39.3 Å². The minimum absolute atomic E-state index is 0.374. The van der Waals surface area contributed by atoms with Gasteiger partial charge in [0.1, 0.15) is 5.60 Å². The van der Waals surface area contributed by atoms with Crippen LogP contribution in [0.2, 0.25) is 0 Å². The molecule has 118 valence electrons. The molecule has 0 aliphatic heterocycles. The van der Waals surface area contributed by atoms with Gasteiger partial charge in [-0.3, -0.25) is 0 Å². The predicted octanol–water partition coefficient (Wildman–Crippen LogP) is 2.09. The second-order valence-electron chi connectivity index (χ2n) is 5.67. The van der Waals surface area contributed by atoms with Gasteiger partial charge in [-0.15, -0.1) is 0 Å². The molecule has 0 atom stereocenters. The van der Waals surface area contributed by atoms with E-state index in [0.29, 0.717) is 12.4 Å². The van der Waals surface area contributed by atoms with Crippen LogP contribution >= 0.6 is 0 Å². The summed E-state index contributed by atoms with van der Waals surface area (Å²) in [6.07, 6.45) is 2.18. The number of hydrogen-bond donors (Lipinski definition) is 2. The number of pyridine rings is 1. The molecule has 0 saturated carbocycles. The van der Waals surface area contributed by atoms with Crippen molar-refractivity contribution in [1.82, 2.24) is 15.6 Å². The smallest absolute Gasteiger partial charge is 0.407 e. The van der Waals surface area contributed by atoms with Crippen molar-refractivity contribution in [3.63, 3.8) is 0 Å². The molecule has 21 heavy (non-hydrogen) atoms. The maximum absolute atomic E-state index is 11.4. The Kier molecular flexibility index (Phi) is 6.94. The van der Waals surface area contributed by atoms with Gasteiger partial charge in [0.15, 0.2) is 0 Å². The molecule has 0 aliphatic rings. The number of nitrogens with zero attached hydrogens (tertiary/aromatic N) is 1. The average molecular weight is 295 g/mol. The van der Waals surface area contributed by atoms with Crippen molar-refractivity contribution < 1.29 is 14.3 Å². The molecule has 2 N–H and O–H groups in total. The monoisotopic (exact) mass is 295 g/mol. The van der Waals surface area contributed by atoms with E-state index >= 15 is 0 Å². The SMILES string of the molecule is COc1cc(CNCCCNC(=O)OC(C)(C)C)ccn1. The van der Waals surface area contributed by atoms with Crippen LogP contribution in [0.5, 0.6) is 5.88 Å². The maximum atomic E-state index is 11.4. The average Bonchev–Trinajstić information content (AvgIpc) is 2.41. The molecule has 1 aromatic heterocycles. The molecule has 0 fully saturated rings. The third-order valence-corrected chi connectivity index (χ3v) is 2.54. The highest BCUT2D eigenvalue weighted by molar-refractivity contribution is 5.67. The van der Waals surface area contributed by atoms with Gasteiger partial charge in [-0.25, -0.2) is 9.78 Å². The van der Waals surface area contributed by atoms with Gasteiger partial charge in [0.2, 0.25) is 5.88 Å². The van der Waals surface area contributed by atoms with Gasteiger partial charge in [-0.05, 0) is 45.4 Å². The van der Waals surface area contributed by atoms with Crippen LogP contribution in [0.1, 0.15) is 32.8 Å². The van der Waals surface area contributed by atoms with Gasteiger partial charge in [0.25, 0.3) is 0 Å². The fraction of sp³-hybridized carbons (Fsp3) is 0.600. The zero-order valence-corrected chi connectivity index (χ0v) is 13.2. The topological polar surface area (TPSA) is 72.5 Å². The van der Waals surface area contributed by atoms with Crippen LogP contribution in [-0.2, 0) is 11.3 Å². The molecule has 6 heteroatoms. The molecular weight excluding hydrogens is 270 g/mol. The first kappa shape index (κ1) is 17.2. The van der Waals surface area contributed by atoms with Crippen molar-refractivity contribution >= 4 is 6.09 Å². The van der Waals surface area contributed by atoms with Crippen molar-refractivity contribution in [3.8, 4) is 5.88 Å². The van der Waals surface area contributed by atoms with E-state index in [0.717, 1.165) is 25.1 Å². The van der Waals surface area contributed by atoms with E-state index in [-0.39, 0.29) is 6.09 Å². The number of methoxy groups -OCH3 is 1. The van der Waals surface area contributed by atoms with Gasteiger partial charge in [0, 0.05) is 25.4 Å². The fourth-order valence-corrected chi connectivity index (χ4v) is 1.62. The largest absolute Gasteiger partial charge is 0.481 e. The predicted molar refractivity (Wildman–Crippen MR) is 81.3 cm³/mol. The Balaban J connectivity index is 2.10. The minimum atomic E-state index is -0.456. The number of ether oxygens (including phenoxy) is 2. The molecule has 0 aliphatic carbocycles.